The van der Waals surface area contributed by atoms with Gasteiger partial charge in [-0.2, -0.15) is 0 Å². The van der Waals surface area contributed by atoms with Crippen molar-refractivity contribution in [2.45, 2.75) is 0 Å². The van der Waals surface area contributed by atoms with Crippen LogP contribution >= 0.6 is 11.6 Å². The first kappa shape index (κ1) is 19.2. The molecular formula is C18H16ClN5O4. The Morgan fingerprint density at radius 3 is 2.29 bits per heavy atom. The Kier molecular flexibility index (Phi) is 5.75. The lowest BCUT2D eigenvalue weighted by Crippen LogP contribution is -2.06. The van der Waals surface area contributed by atoms with Crippen LogP contribution in [0, 0.1) is 10.1 Å². The SMILES string of the molecule is COc1ccc(Nc2ncnc(Nc3ccccc3Cl)c2[N+](=O)[O-])c(OC)c1. The third-order valence-electron chi connectivity index (χ3n) is 3.79. The average Bonchev–Trinajstić information content (AvgIpc) is 2.70. The number of benzene rings is 2. The van der Waals surface area contributed by atoms with Gasteiger partial charge in [-0.05, 0) is 24.3 Å². The van der Waals surface area contributed by atoms with Crippen LogP contribution in [0.2, 0.25) is 5.02 Å². The minimum absolute atomic E-state index is 0.00183. The van der Waals surface area contributed by atoms with Gasteiger partial charge < -0.3 is 20.1 Å². The maximum Gasteiger partial charge on any atom is 0.353 e. The van der Waals surface area contributed by atoms with E-state index in [9.17, 15) is 10.1 Å². The monoisotopic (exact) mass is 401 g/mol. The molecule has 0 saturated carbocycles. The molecule has 10 heteroatoms. The Bertz CT molecular complexity index is 1020. The summed E-state index contributed by atoms with van der Waals surface area (Å²) in [7, 11) is 3.02. The summed E-state index contributed by atoms with van der Waals surface area (Å²) in [5.74, 6) is 1.02. The highest BCUT2D eigenvalue weighted by Gasteiger charge is 2.24. The Morgan fingerprint density at radius 2 is 1.68 bits per heavy atom. The first-order valence-corrected chi connectivity index (χ1v) is 8.41. The van der Waals surface area contributed by atoms with Crippen LogP contribution in [0.1, 0.15) is 0 Å². The molecule has 3 aromatic rings. The van der Waals surface area contributed by atoms with Crippen LogP contribution in [-0.4, -0.2) is 29.1 Å². The fourth-order valence-electron chi connectivity index (χ4n) is 2.45. The topological polar surface area (TPSA) is 111 Å². The van der Waals surface area contributed by atoms with Gasteiger partial charge in [-0.25, -0.2) is 9.97 Å². The van der Waals surface area contributed by atoms with Gasteiger partial charge in [-0.1, -0.05) is 23.7 Å². The summed E-state index contributed by atoms with van der Waals surface area (Å²) in [6.07, 6.45) is 1.21. The van der Waals surface area contributed by atoms with Gasteiger partial charge in [0.25, 0.3) is 0 Å². The normalized spacial score (nSPS) is 10.2. The summed E-state index contributed by atoms with van der Waals surface area (Å²) in [4.78, 5) is 19.2. The number of nitrogens with one attached hydrogen (secondary N) is 2. The van der Waals surface area contributed by atoms with Crippen LogP contribution in [0.4, 0.5) is 28.7 Å². The summed E-state index contributed by atoms with van der Waals surface area (Å²) in [6, 6.07) is 11.9. The Hall–Kier alpha value is -3.59. The van der Waals surface area contributed by atoms with Crippen molar-refractivity contribution in [1.82, 2.24) is 9.97 Å². The minimum atomic E-state index is -0.572. The van der Waals surface area contributed by atoms with E-state index in [1.807, 2.05) is 0 Å². The van der Waals surface area contributed by atoms with Gasteiger partial charge in [0.15, 0.2) is 0 Å². The molecule has 0 aliphatic rings. The third-order valence-corrected chi connectivity index (χ3v) is 4.12. The molecule has 0 fully saturated rings. The van der Waals surface area contributed by atoms with Crippen LogP contribution in [0.3, 0.4) is 0 Å². The van der Waals surface area contributed by atoms with Crippen molar-refractivity contribution in [3.63, 3.8) is 0 Å². The molecule has 0 amide bonds. The second-order valence-corrected chi connectivity index (χ2v) is 5.88. The van der Waals surface area contributed by atoms with Gasteiger partial charge in [0.05, 0.1) is 35.5 Å². The molecule has 28 heavy (non-hydrogen) atoms. The number of hydrogen-bond acceptors (Lipinski definition) is 8. The van der Waals surface area contributed by atoms with Gasteiger partial charge in [0.1, 0.15) is 17.8 Å². The lowest BCUT2D eigenvalue weighted by molar-refractivity contribution is -0.383. The molecule has 9 nitrogen and oxygen atoms in total. The fraction of sp³-hybridized carbons (Fsp3) is 0.111. The van der Waals surface area contributed by atoms with Gasteiger partial charge >= 0.3 is 5.69 Å². The van der Waals surface area contributed by atoms with Crippen molar-refractivity contribution in [3.05, 3.63) is 63.9 Å². The molecule has 0 saturated heterocycles. The van der Waals surface area contributed by atoms with E-state index in [2.05, 4.69) is 20.6 Å². The third kappa shape index (κ3) is 4.04. The van der Waals surface area contributed by atoms with E-state index < -0.39 is 4.92 Å². The first-order valence-electron chi connectivity index (χ1n) is 8.03. The van der Waals surface area contributed by atoms with Crippen molar-refractivity contribution < 1.29 is 14.4 Å². The molecule has 1 heterocycles. The van der Waals surface area contributed by atoms with E-state index in [-0.39, 0.29) is 17.3 Å². The smallest absolute Gasteiger partial charge is 0.353 e. The number of rotatable bonds is 7. The van der Waals surface area contributed by atoms with E-state index in [1.54, 1.807) is 42.5 Å². The zero-order chi connectivity index (χ0) is 20.1. The van der Waals surface area contributed by atoms with Crippen LogP contribution in [0.5, 0.6) is 11.5 Å². The molecule has 0 bridgehead atoms. The van der Waals surface area contributed by atoms with Crippen molar-refractivity contribution in [3.8, 4) is 11.5 Å². The average molecular weight is 402 g/mol. The van der Waals surface area contributed by atoms with E-state index in [0.29, 0.717) is 27.9 Å². The fourth-order valence-corrected chi connectivity index (χ4v) is 2.64. The van der Waals surface area contributed by atoms with Gasteiger partial charge in [0.2, 0.25) is 11.6 Å². The number of nitro groups is 1. The second kappa shape index (κ2) is 8.40. The number of halogens is 1. The Morgan fingerprint density at radius 1 is 1.00 bits per heavy atom. The lowest BCUT2D eigenvalue weighted by Gasteiger charge is -2.13. The van der Waals surface area contributed by atoms with E-state index in [0.717, 1.165) is 0 Å². The molecule has 0 unspecified atom stereocenters. The van der Waals surface area contributed by atoms with Crippen LogP contribution < -0.4 is 20.1 Å². The summed E-state index contributed by atoms with van der Waals surface area (Å²) in [5, 5.41) is 17.9. The summed E-state index contributed by atoms with van der Waals surface area (Å²) >= 11 is 6.12. The summed E-state index contributed by atoms with van der Waals surface area (Å²) < 4.78 is 10.5. The highest BCUT2D eigenvalue weighted by atomic mass is 35.5. The van der Waals surface area contributed by atoms with Crippen LogP contribution in [0.15, 0.2) is 48.8 Å². The molecule has 1 aromatic heterocycles. The quantitative estimate of drug-likeness (QED) is 0.438. The van der Waals surface area contributed by atoms with Gasteiger partial charge in [-0.3, -0.25) is 10.1 Å². The van der Waals surface area contributed by atoms with E-state index >= 15 is 0 Å². The maximum absolute atomic E-state index is 11.7. The number of hydrogen-bond donors (Lipinski definition) is 2. The number of ether oxygens (including phenoxy) is 2. The predicted molar refractivity (Wildman–Crippen MR) is 106 cm³/mol. The maximum atomic E-state index is 11.7. The zero-order valence-electron chi connectivity index (χ0n) is 15.0. The number of anilines is 4. The van der Waals surface area contributed by atoms with Gasteiger partial charge in [-0.15, -0.1) is 0 Å². The lowest BCUT2D eigenvalue weighted by atomic mass is 10.2. The van der Waals surface area contributed by atoms with Crippen LogP contribution in [-0.2, 0) is 0 Å². The highest BCUT2D eigenvalue weighted by Crippen LogP contribution is 2.37. The molecule has 0 spiro atoms. The predicted octanol–water partition coefficient (Wildman–Crippen LogP) is 4.54. The molecule has 144 valence electrons. The molecule has 0 radical (unpaired) electrons. The second-order valence-electron chi connectivity index (χ2n) is 5.47. The van der Waals surface area contributed by atoms with Crippen molar-refractivity contribution >= 4 is 40.3 Å². The first-order chi connectivity index (χ1) is 13.5. The van der Waals surface area contributed by atoms with Crippen molar-refractivity contribution in [2.24, 2.45) is 0 Å². The largest absolute Gasteiger partial charge is 0.497 e. The zero-order valence-corrected chi connectivity index (χ0v) is 15.7. The Labute approximate surface area is 165 Å². The molecule has 2 aromatic carbocycles. The molecule has 3 rings (SSSR count). The van der Waals surface area contributed by atoms with Gasteiger partial charge in [0, 0.05) is 6.07 Å². The van der Waals surface area contributed by atoms with Crippen LogP contribution in [0.25, 0.3) is 0 Å². The molecule has 0 aliphatic heterocycles. The number of aromatic nitrogens is 2. The summed E-state index contributed by atoms with van der Waals surface area (Å²) in [5.41, 5.74) is 0.632. The Balaban J connectivity index is 2.01. The standard InChI is InChI=1S/C18H16ClN5O4/c1-27-11-7-8-14(15(9-11)28-2)23-18-16(24(25)26)17(20-10-21-18)22-13-6-4-3-5-12(13)19/h3-10H,1-2H3,(H2,20,21,22,23). The summed E-state index contributed by atoms with van der Waals surface area (Å²) in [6.45, 7) is 0. The molecule has 2 N–H and O–H groups in total. The molecule has 0 atom stereocenters. The highest BCUT2D eigenvalue weighted by molar-refractivity contribution is 6.33. The number of para-hydroxylation sites is 1. The molecule has 0 aliphatic carbocycles. The number of nitrogens with zero attached hydrogens (tertiary/aromatic N) is 3. The van der Waals surface area contributed by atoms with Crippen molar-refractivity contribution in [2.75, 3.05) is 24.9 Å². The molecular weight excluding hydrogens is 386 g/mol. The number of methoxy groups -OCH3 is 2. The van der Waals surface area contributed by atoms with Crippen molar-refractivity contribution in [1.29, 1.82) is 0 Å². The minimum Gasteiger partial charge on any atom is -0.497 e. The van der Waals surface area contributed by atoms with E-state index in [4.69, 9.17) is 21.1 Å². The van der Waals surface area contributed by atoms with E-state index in [1.165, 1.54) is 20.5 Å².